The van der Waals surface area contributed by atoms with Crippen LogP contribution >= 0.6 is 0 Å². The van der Waals surface area contributed by atoms with Crippen molar-refractivity contribution in [2.75, 3.05) is 13.2 Å². The van der Waals surface area contributed by atoms with Crippen LogP contribution in [0.2, 0.25) is 0 Å². The number of urea groups is 1. The van der Waals surface area contributed by atoms with Crippen molar-refractivity contribution in [3.8, 4) is 5.75 Å². The van der Waals surface area contributed by atoms with Gasteiger partial charge >= 0.3 is 18.0 Å². The first-order valence-corrected chi connectivity index (χ1v) is 9.89. The Kier molecular flexibility index (Phi) is 7.26. The topological polar surface area (TPSA) is 103 Å². The maximum absolute atomic E-state index is 12.4. The van der Waals surface area contributed by atoms with Crippen LogP contribution in [-0.2, 0) is 20.9 Å². The average Bonchev–Trinajstić information content (AvgIpc) is 2.77. The summed E-state index contributed by atoms with van der Waals surface area (Å²) in [6.45, 7) is 3.68. The summed E-state index contributed by atoms with van der Waals surface area (Å²) >= 11 is 0. The van der Waals surface area contributed by atoms with Gasteiger partial charge in [-0.05, 0) is 43.7 Å². The number of hydrogen-bond donors (Lipinski definition) is 2. The molecule has 162 valence electrons. The van der Waals surface area contributed by atoms with Crippen LogP contribution in [0.1, 0.15) is 29.8 Å². The van der Waals surface area contributed by atoms with Crippen molar-refractivity contribution < 1.29 is 28.6 Å². The van der Waals surface area contributed by atoms with Crippen LogP contribution < -0.4 is 15.4 Å². The minimum absolute atomic E-state index is 0.189. The fourth-order valence-corrected chi connectivity index (χ4v) is 3.04. The molecule has 0 spiro atoms. The molecule has 0 bridgehead atoms. The molecule has 1 aliphatic heterocycles. The number of ether oxygens (including phenoxy) is 3. The Labute approximate surface area is 180 Å². The standard InChI is InChI=1S/C23H24N2O6/c1-3-29-22(27)20-15(2)24-23(28)25-19(20)14-31-21(26)17-9-11-18(12-10-17)30-13-16-7-5-4-6-8-16/h4-12,15H,3,13-14H2,1-2H3,(H2,24,25,28)/t15-/m1/s1. The molecule has 2 N–H and O–H groups in total. The molecule has 1 aliphatic rings. The first-order chi connectivity index (χ1) is 15.0. The number of rotatable bonds is 8. The number of benzene rings is 2. The lowest BCUT2D eigenvalue weighted by Gasteiger charge is -2.26. The van der Waals surface area contributed by atoms with E-state index in [9.17, 15) is 14.4 Å². The van der Waals surface area contributed by atoms with Crippen molar-refractivity contribution in [2.45, 2.75) is 26.5 Å². The third kappa shape index (κ3) is 5.85. The SMILES string of the molecule is CCOC(=O)C1=C(COC(=O)c2ccc(OCc3ccccc3)cc2)NC(=O)N[C@@H]1C. The lowest BCUT2D eigenvalue weighted by Crippen LogP contribution is -2.50. The summed E-state index contributed by atoms with van der Waals surface area (Å²) in [5, 5.41) is 5.10. The van der Waals surface area contributed by atoms with Crippen molar-refractivity contribution in [1.82, 2.24) is 10.6 Å². The highest BCUT2D eigenvalue weighted by atomic mass is 16.5. The molecular weight excluding hydrogens is 400 g/mol. The number of hydrogen-bond acceptors (Lipinski definition) is 6. The summed E-state index contributed by atoms with van der Waals surface area (Å²) in [5.74, 6) is -0.550. The molecular formula is C23H24N2O6. The number of carbonyl (C=O) groups excluding carboxylic acids is 3. The molecule has 2 amide bonds. The molecule has 2 aromatic carbocycles. The Morgan fingerprint density at radius 3 is 2.32 bits per heavy atom. The molecule has 0 saturated carbocycles. The first kappa shape index (κ1) is 21.9. The monoisotopic (exact) mass is 424 g/mol. The second-order valence-corrected chi connectivity index (χ2v) is 6.81. The predicted octanol–water partition coefficient (Wildman–Crippen LogP) is 2.94. The highest BCUT2D eigenvalue weighted by molar-refractivity contribution is 5.95. The molecule has 8 nitrogen and oxygen atoms in total. The third-order valence-electron chi connectivity index (χ3n) is 4.55. The van der Waals surface area contributed by atoms with Crippen molar-refractivity contribution >= 4 is 18.0 Å². The third-order valence-corrected chi connectivity index (χ3v) is 4.55. The molecule has 31 heavy (non-hydrogen) atoms. The van der Waals surface area contributed by atoms with Crippen LogP contribution in [0.15, 0.2) is 65.9 Å². The fraction of sp³-hybridized carbons (Fsp3) is 0.261. The zero-order valence-corrected chi connectivity index (χ0v) is 17.3. The van der Waals surface area contributed by atoms with Crippen molar-refractivity contribution in [3.63, 3.8) is 0 Å². The van der Waals surface area contributed by atoms with Gasteiger partial charge in [0.05, 0.1) is 29.5 Å². The molecule has 2 aromatic rings. The quantitative estimate of drug-likeness (QED) is 0.632. The highest BCUT2D eigenvalue weighted by Crippen LogP contribution is 2.17. The van der Waals surface area contributed by atoms with Crippen LogP contribution in [0.25, 0.3) is 0 Å². The normalized spacial score (nSPS) is 15.5. The molecule has 0 saturated heterocycles. The van der Waals surface area contributed by atoms with Crippen LogP contribution in [-0.4, -0.2) is 37.2 Å². The van der Waals surface area contributed by atoms with Crippen LogP contribution in [0.5, 0.6) is 5.75 Å². The van der Waals surface area contributed by atoms with Gasteiger partial charge in [0, 0.05) is 0 Å². The lowest BCUT2D eigenvalue weighted by molar-refractivity contribution is -0.139. The van der Waals surface area contributed by atoms with Gasteiger partial charge in [-0.25, -0.2) is 14.4 Å². The van der Waals surface area contributed by atoms with Crippen LogP contribution in [0.3, 0.4) is 0 Å². The van der Waals surface area contributed by atoms with Gasteiger partial charge in [-0.2, -0.15) is 0 Å². The molecule has 0 aliphatic carbocycles. The molecule has 0 fully saturated rings. The smallest absolute Gasteiger partial charge is 0.338 e. The Bertz CT molecular complexity index is 969. The highest BCUT2D eigenvalue weighted by Gasteiger charge is 2.30. The second kappa shape index (κ2) is 10.3. The number of nitrogens with one attached hydrogen (secondary N) is 2. The average molecular weight is 424 g/mol. The lowest BCUT2D eigenvalue weighted by atomic mass is 10.0. The van der Waals surface area contributed by atoms with E-state index in [1.807, 2.05) is 30.3 Å². The minimum Gasteiger partial charge on any atom is -0.489 e. The van der Waals surface area contributed by atoms with Crippen molar-refractivity contribution in [3.05, 3.63) is 77.0 Å². The van der Waals surface area contributed by atoms with E-state index in [2.05, 4.69) is 10.6 Å². The molecule has 1 heterocycles. The van der Waals surface area contributed by atoms with Crippen LogP contribution in [0.4, 0.5) is 4.79 Å². The van der Waals surface area contributed by atoms with Gasteiger partial charge < -0.3 is 24.8 Å². The van der Waals surface area contributed by atoms with Crippen molar-refractivity contribution in [1.29, 1.82) is 0 Å². The summed E-state index contributed by atoms with van der Waals surface area (Å²) < 4.78 is 16.0. The zero-order chi connectivity index (χ0) is 22.2. The number of amides is 2. The van der Waals surface area contributed by atoms with E-state index in [1.54, 1.807) is 38.1 Å². The van der Waals surface area contributed by atoms with E-state index in [1.165, 1.54) is 0 Å². The maximum atomic E-state index is 12.4. The van der Waals surface area contributed by atoms with E-state index < -0.39 is 24.0 Å². The Morgan fingerprint density at radius 2 is 1.65 bits per heavy atom. The van der Waals surface area contributed by atoms with Crippen molar-refractivity contribution in [2.24, 2.45) is 0 Å². The summed E-state index contributed by atoms with van der Waals surface area (Å²) in [5.41, 5.74) is 1.78. The van der Waals surface area contributed by atoms with E-state index in [4.69, 9.17) is 14.2 Å². The van der Waals surface area contributed by atoms with Gasteiger partial charge in [0.25, 0.3) is 0 Å². The largest absolute Gasteiger partial charge is 0.489 e. The van der Waals surface area contributed by atoms with Gasteiger partial charge in [0.15, 0.2) is 0 Å². The molecule has 0 unspecified atom stereocenters. The summed E-state index contributed by atoms with van der Waals surface area (Å²) in [6.07, 6.45) is 0. The molecule has 0 aromatic heterocycles. The van der Waals surface area contributed by atoms with E-state index >= 15 is 0 Å². The zero-order valence-electron chi connectivity index (χ0n) is 17.3. The molecule has 1 atom stereocenters. The maximum Gasteiger partial charge on any atom is 0.338 e. The summed E-state index contributed by atoms with van der Waals surface area (Å²) in [7, 11) is 0. The Balaban J connectivity index is 1.61. The Hall–Kier alpha value is -3.81. The minimum atomic E-state index is -0.592. The second-order valence-electron chi connectivity index (χ2n) is 6.81. The summed E-state index contributed by atoms with van der Waals surface area (Å²) in [4.78, 5) is 36.4. The molecule has 8 heteroatoms. The van der Waals surface area contributed by atoms with Gasteiger partial charge in [0.2, 0.25) is 0 Å². The van der Waals surface area contributed by atoms with E-state index in [0.717, 1.165) is 5.56 Å². The van der Waals surface area contributed by atoms with E-state index in [0.29, 0.717) is 17.9 Å². The van der Waals surface area contributed by atoms with Gasteiger partial charge in [0.1, 0.15) is 19.0 Å². The first-order valence-electron chi connectivity index (χ1n) is 9.89. The summed E-state index contributed by atoms with van der Waals surface area (Å²) in [6, 6.07) is 15.2. The Morgan fingerprint density at radius 1 is 0.935 bits per heavy atom. The molecule has 3 rings (SSSR count). The van der Waals surface area contributed by atoms with Gasteiger partial charge in [-0.1, -0.05) is 30.3 Å². The fourth-order valence-electron chi connectivity index (χ4n) is 3.04. The number of carbonyl (C=O) groups is 3. The van der Waals surface area contributed by atoms with Gasteiger partial charge in [-0.15, -0.1) is 0 Å². The molecule has 0 radical (unpaired) electrons. The number of esters is 2. The van der Waals surface area contributed by atoms with Crippen LogP contribution in [0, 0.1) is 0 Å². The predicted molar refractivity (Wildman–Crippen MR) is 112 cm³/mol. The van der Waals surface area contributed by atoms with E-state index in [-0.39, 0.29) is 24.5 Å². The van der Waals surface area contributed by atoms with Gasteiger partial charge in [-0.3, -0.25) is 0 Å².